The fraction of sp³-hybridized carbons (Fsp3) is 0.273. The molecule has 0 spiro atoms. The zero-order valence-corrected chi connectivity index (χ0v) is 7.83. The van der Waals surface area contributed by atoms with Gasteiger partial charge < -0.3 is 9.52 Å². The lowest BCUT2D eigenvalue weighted by Gasteiger charge is -2.05. The maximum atomic E-state index is 13.4. The highest BCUT2D eigenvalue weighted by molar-refractivity contribution is 5.77. The summed E-state index contributed by atoms with van der Waals surface area (Å²) in [4.78, 5) is 0. The summed E-state index contributed by atoms with van der Waals surface area (Å²) in [6.45, 7) is 1.64. The van der Waals surface area contributed by atoms with E-state index in [0.29, 0.717) is 17.6 Å². The van der Waals surface area contributed by atoms with Gasteiger partial charge in [-0.25, -0.2) is 4.39 Å². The van der Waals surface area contributed by atoms with Crippen molar-refractivity contribution in [3.05, 3.63) is 35.8 Å². The number of rotatable bonds is 2. The van der Waals surface area contributed by atoms with Gasteiger partial charge in [-0.15, -0.1) is 0 Å². The normalized spacial score (nSPS) is 13.4. The summed E-state index contributed by atoms with van der Waals surface area (Å²) in [5, 5.41) is 10.0. The van der Waals surface area contributed by atoms with Crippen molar-refractivity contribution in [2.75, 3.05) is 0 Å². The Hall–Kier alpha value is -1.35. The van der Waals surface area contributed by atoms with Crippen molar-refractivity contribution in [3.63, 3.8) is 0 Å². The van der Waals surface area contributed by atoms with Gasteiger partial charge in [0.2, 0.25) is 0 Å². The van der Waals surface area contributed by atoms with Gasteiger partial charge in [0, 0.05) is 17.9 Å². The van der Waals surface area contributed by atoms with Crippen LogP contribution in [0.3, 0.4) is 0 Å². The van der Waals surface area contributed by atoms with Crippen LogP contribution in [0, 0.1) is 5.82 Å². The first-order valence-electron chi connectivity index (χ1n) is 4.50. The summed E-state index contributed by atoms with van der Waals surface area (Å²) in [5.41, 5.74) is 1.06. The molecule has 1 atom stereocenters. The minimum atomic E-state index is -0.533. The Bertz CT molecular complexity index is 445. The molecule has 74 valence electrons. The number of hydrogen-bond donors (Lipinski definition) is 1. The number of aliphatic hydroxyl groups excluding tert-OH is 1. The van der Waals surface area contributed by atoms with Crippen molar-refractivity contribution >= 4 is 11.0 Å². The van der Waals surface area contributed by atoms with E-state index >= 15 is 0 Å². The number of halogens is 1. The van der Waals surface area contributed by atoms with Crippen LogP contribution in [-0.4, -0.2) is 11.2 Å². The lowest BCUT2D eigenvalue weighted by molar-refractivity contribution is 0.194. The zero-order valence-electron chi connectivity index (χ0n) is 7.83. The van der Waals surface area contributed by atoms with Gasteiger partial charge in [0.15, 0.2) is 0 Å². The Morgan fingerprint density at radius 3 is 3.00 bits per heavy atom. The van der Waals surface area contributed by atoms with Crippen LogP contribution in [0.2, 0.25) is 0 Å². The summed E-state index contributed by atoms with van der Waals surface area (Å²) in [6, 6.07) is 4.84. The number of furan rings is 1. The van der Waals surface area contributed by atoms with Gasteiger partial charge in [0.05, 0.1) is 12.4 Å². The second-order valence-corrected chi connectivity index (χ2v) is 3.46. The Labute approximate surface area is 81.0 Å². The van der Waals surface area contributed by atoms with Crippen LogP contribution in [0.25, 0.3) is 11.0 Å². The smallest absolute Gasteiger partial charge is 0.136 e. The molecule has 3 heteroatoms. The second-order valence-electron chi connectivity index (χ2n) is 3.46. The lowest BCUT2D eigenvalue weighted by atomic mass is 10.1. The summed E-state index contributed by atoms with van der Waals surface area (Å²) in [5.74, 6) is -0.326. The van der Waals surface area contributed by atoms with Gasteiger partial charge in [0.1, 0.15) is 11.4 Å². The molecule has 0 aliphatic carbocycles. The molecule has 0 radical (unpaired) electrons. The third-order valence-corrected chi connectivity index (χ3v) is 2.14. The zero-order chi connectivity index (χ0) is 10.1. The van der Waals surface area contributed by atoms with E-state index < -0.39 is 6.10 Å². The molecule has 0 saturated carbocycles. The molecule has 0 fully saturated rings. The summed E-state index contributed by atoms with van der Waals surface area (Å²) in [6.07, 6.45) is 1.32. The fourth-order valence-corrected chi connectivity index (χ4v) is 1.51. The molecule has 1 aromatic heterocycles. The molecule has 1 N–H and O–H groups in total. The average molecular weight is 194 g/mol. The largest absolute Gasteiger partial charge is 0.464 e. The highest BCUT2D eigenvalue weighted by Gasteiger charge is 2.08. The predicted octanol–water partition coefficient (Wildman–Crippen LogP) is 2.50. The molecule has 2 rings (SSSR count). The molecule has 0 amide bonds. The predicted molar refractivity (Wildman–Crippen MR) is 51.6 cm³/mol. The average Bonchev–Trinajstić information content (AvgIpc) is 2.51. The molecule has 0 saturated heterocycles. The van der Waals surface area contributed by atoms with E-state index in [1.54, 1.807) is 19.1 Å². The topological polar surface area (TPSA) is 33.4 Å². The van der Waals surface area contributed by atoms with E-state index in [2.05, 4.69) is 0 Å². The summed E-state index contributed by atoms with van der Waals surface area (Å²) in [7, 11) is 0. The van der Waals surface area contributed by atoms with Gasteiger partial charge in [0.25, 0.3) is 0 Å². The first-order valence-corrected chi connectivity index (χ1v) is 4.50. The first-order chi connectivity index (χ1) is 6.66. The molecule has 1 unspecified atom stereocenters. The lowest BCUT2D eigenvalue weighted by Crippen LogP contribution is -2.05. The van der Waals surface area contributed by atoms with Crippen molar-refractivity contribution in [2.24, 2.45) is 0 Å². The van der Waals surface area contributed by atoms with Crippen molar-refractivity contribution in [2.45, 2.75) is 19.4 Å². The van der Waals surface area contributed by atoms with Gasteiger partial charge >= 0.3 is 0 Å². The van der Waals surface area contributed by atoms with Crippen LogP contribution in [0.4, 0.5) is 4.39 Å². The molecular weight excluding hydrogens is 183 g/mol. The van der Waals surface area contributed by atoms with Crippen molar-refractivity contribution in [1.82, 2.24) is 0 Å². The standard InChI is InChI=1S/C11H11FO2/c1-7(13)4-9-5-8-2-3-14-11(8)6-10(9)12/h2-3,5-7,13H,4H2,1H3. The molecule has 1 aromatic carbocycles. The molecular formula is C11H11FO2. The fourth-order valence-electron chi connectivity index (χ4n) is 1.51. The SMILES string of the molecule is CC(O)Cc1cc2ccoc2cc1F. The van der Waals surface area contributed by atoms with Crippen molar-refractivity contribution in [1.29, 1.82) is 0 Å². The van der Waals surface area contributed by atoms with Gasteiger partial charge in [-0.1, -0.05) is 0 Å². The van der Waals surface area contributed by atoms with Crippen LogP contribution in [0.1, 0.15) is 12.5 Å². The summed E-state index contributed by atoms with van der Waals surface area (Å²) < 4.78 is 18.4. The van der Waals surface area contributed by atoms with E-state index in [1.165, 1.54) is 12.3 Å². The minimum absolute atomic E-state index is 0.326. The van der Waals surface area contributed by atoms with Crippen LogP contribution in [0.15, 0.2) is 28.9 Å². The van der Waals surface area contributed by atoms with Crippen LogP contribution < -0.4 is 0 Å². The quantitative estimate of drug-likeness (QED) is 0.796. The van der Waals surface area contributed by atoms with Crippen LogP contribution in [0.5, 0.6) is 0 Å². The Morgan fingerprint density at radius 2 is 2.29 bits per heavy atom. The third-order valence-electron chi connectivity index (χ3n) is 2.14. The van der Waals surface area contributed by atoms with Crippen molar-refractivity contribution in [3.8, 4) is 0 Å². The van der Waals surface area contributed by atoms with E-state index in [4.69, 9.17) is 9.52 Å². The molecule has 2 nitrogen and oxygen atoms in total. The van der Waals surface area contributed by atoms with Gasteiger partial charge in [-0.05, 0) is 24.6 Å². The molecule has 0 aliphatic rings. The van der Waals surface area contributed by atoms with E-state index in [0.717, 1.165) is 5.39 Å². The summed E-state index contributed by atoms with van der Waals surface area (Å²) >= 11 is 0. The first kappa shape index (κ1) is 9.21. The van der Waals surface area contributed by atoms with Gasteiger partial charge in [-0.3, -0.25) is 0 Å². The number of benzene rings is 1. The molecule has 14 heavy (non-hydrogen) atoms. The van der Waals surface area contributed by atoms with Crippen LogP contribution >= 0.6 is 0 Å². The minimum Gasteiger partial charge on any atom is -0.464 e. The highest BCUT2D eigenvalue weighted by atomic mass is 19.1. The van der Waals surface area contributed by atoms with E-state index in [-0.39, 0.29) is 5.82 Å². The third kappa shape index (κ3) is 1.63. The number of aliphatic hydroxyl groups is 1. The molecule has 0 aliphatic heterocycles. The number of fused-ring (bicyclic) bond motifs is 1. The van der Waals surface area contributed by atoms with Crippen molar-refractivity contribution < 1.29 is 13.9 Å². The Morgan fingerprint density at radius 1 is 1.50 bits per heavy atom. The molecule has 2 aromatic rings. The van der Waals surface area contributed by atoms with Crippen LogP contribution in [-0.2, 0) is 6.42 Å². The highest BCUT2D eigenvalue weighted by Crippen LogP contribution is 2.21. The monoisotopic (exact) mass is 194 g/mol. The molecule has 1 heterocycles. The maximum Gasteiger partial charge on any atom is 0.136 e. The van der Waals surface area contributed by atoms with E-state index in [9.17, 15) is 4.39 Å². The molecule has 0 bridgehead atoms. The number of hydrogen-bond acceptors (Lipinski definition) is 2. The maximum absolute atomic E-state index is 13.4. The van der Waals surface area contributed by atoms with Gasteiger partial charge in [-0.2, -0.15) is 0 Å². The second kappa shape index (κ2) is 3.42. The Balaban J connectivity index is 2.48. The van der Waals surface area contributed by atoms with E-state index in [1.807, 2.05) is 0 Å². The Kier molecular flexibility index (Phi) is 2.25.